The molecule has 1 aromatic heterocycles. The molecule has 1 atom stereocenters. The van der Waals surface area contributed by atoms with E-state index in [9.17, 15) is 0 Å². The van der Waals surface area contributed by atoms with Crippen molar-refractivity contribution in [3.63, 3.8) is 0 Å². The van der Waals surface area contributed by atoms with E-state index in [2.05, 4.69) is 24.1 Å². The zero-order chi connectivity index (χ0) is 15.1. The number of nitrogens with one attached hydrogen (secondary N) is 1. The van der Waals surface area contributed by atoms with E-state index < -0.39 is 0 Å². The van der Waals surface area contributed by atoms with Crippen LogP contribution in [-0.2, 0) is 0 Å². The van der Waals surface area contributed by atoms with Crippen LogP contribution in [0.25, 0.3) is 0 Å². The normalized spacial score (nSPS) is 12.1. The van der Waals surface area contributed by atoms with Crippen LogP contribution in [0.3, 0.4) is 0 Å². The zero-order valence-corrected chi connectivity index (χ0v) is 13.2. The number of halogens is 1. The molecule has 1 unspecified atom stereocenters. The van der Waals surface area contributed by atoms with E-state index in [4.69, 9.17) is 16.3 Å². The molecular formula is C17H21ClN2O. The van der Waals surface area contributed by atoms with Crippen molar-refractivity contribution in [2.24, 2.45) is 0 Å². The minimum absolute atomic E-state index is 0.296. The fourth-order valence-electron chi connectivity index (χ4n) is 2.10. The first-order valence-corrected chi connectivity index (χ1v) is 7.73. The Balaban J connectivity index is 2.04. The first-order valence-electron chi connectivity index (χ1n) is 7.35. The molecule has 0 aliphatic heterocycles. The number of hydrogen-bond acceptors (Lipinski definition) is 3. The highest BCUT2D eigenvalue weighted by atomic mass is 35.5. The zero-order valence-electron chi connectivity index (χ0n) is 12.5. The van der Waals surface area contributed by atoms with Crippen LogP contribution in [-0.4, -0.2) is 11.5 Å². The summed E-state index contributed by atoms with van der Waals surface area (Å²) in [7, 11) is 0. The van der Waals surface area contributed by atoms with Crippen LogP contribution in [0.1, 0.15) is 38.4 Å². The maximum atomic E-state index is 5.94. The maximum Gasteiger partial charge on any atom is 0.145 e. The van der Waals surface area contributed by atoms with Gasteiger partial charge in [-0.3, -0.25) is 4.98 Å². The smallest absolute Gasteiger partial charge is 0.145 e. The third-order valence-electron chi connectivity index (χ3n) is 3.20. The first kappa shape index (κ1) is 15.8. The monoisotopic (exact) mass is 304 g/mol. The molecule has 0 aliphatic carbocycles. The Morgan fingerprint density at radius 1 is 1.19 bits per heavy atom. The van der Waals surface area contributed by atoms with Crippen LogP contribution < -0.4 is 10.1 Å². The van der Waals surface area contributed by atoms with Crippen molar-refractivity contribution >= 4 is 11.6 Å². The molecule has 0 aliphatic rings. The molecule has 0 radical (unpaired) electrons. The molecule has 0 spiro atoms. The van der Waals surface area contributed by atoms with Crippen molar-refractivity contribution in [1.29, 1.82) is 0 Å². The molecule has 4 heteroatoms. The third-order valence-corrected chi connectivity index (χ3v) is 3.43. The number of rotatable bonds is 7. The topological polar surface area (TPSA) is 34.1 Å². The molecule has 0 fully saturated rings. The minimum atomic E-state index is 0.296. The first-order chi connectivity index (χ1) is 10.2. The Hall–Kier alpha value is -1.58. The van der Waals surface area contributed by atoms with Gasteiger partial charge in [0.2, 0.25) is 0 Å². The van der Waals surface area contributed by atoms with E-state index in [1.165, 1.54) is 0 Å². The number of aromatic nitrogens is 1. The second-order valence-electron chi connectivity index (χ2n) is 4.89. The molecular weight excluding hydrogens is 284 g/mol. The molecule has 1 aromatic carbocycles. The second-order valence-corrected chi connectivity index (χ2v) is 5.33. The fourth-order valence-corrected chi connectivity index (χ4v) is 2.28. The second kappa shape index (κ2) is 8.01. The summed E-state index contributed by atoms with van der Waals surface area (Å²) in [6, 6.07) is 11.6. The molecule has 2 aromatic rings. The van der Waals surface area contributed by atoms with Crippen LogP contribution in [0.15, 0.2) is 42.6 Å². The molecule has 21 heavy (non-hydrogen) atoms. The Morgan fingerprint density at radius 2 is 2.05 bits per heavy atom. The summed E-state index contributed by atoms with van der Waals surface area (Å²) in [6.07, 6.45) is 3.89. The summed E-state index contributed by atoms with van der Waals surface area (Å²) in [4.78, 5) is 4.50. The lowest BCUT2D eigenvalue weighted by molar-refractivity contribution is 0.474. The summed E-state index contributed by atoms with van der Waals surface area (Å²) < 4.78 is 5.74. The predicted octanol–water partition coefficient (Wildman–Crippen LogP) is 4.98. The fraction of sp³-hybridized carbons (Fsp3) is 0.353. The Labute approximate surface area is 131 Å². The molecule has 0 amide bonds. The van der Waals surface area contributed by atoms with Gasteiger partial charge in [-0.15, -0.1) is 0 Å². The van der Waals surface area contributed by atoms with E-state index >= 15 is 0 Å². The molecule has 2 rings (SSSR count). The van der Waals surface area contributed by atoms with E-state index in [0.29, 0.717) is 22.6 Å². The average molecular weight is 305 g/mol. The van der Waals surface area contributed by atoms with Gasteiger partial charge in [0.15, 0.2) is 0 Å². The molecule has 0 saturated heterocycles. The maximum absolute atomic E-state index is 5.94. The number of ether oxygens (including phenoxy) is 1. The van der Waals surface area contributed by atoms with E-state index in [-0.39, 0.29) is 0 Å². The summed E-state index contributed by atoms with van der Waals surface area (Å²) in [5, 5.41) is 4.15. The lowest BCUT2D eigenvalue weighted by atomic mass is 10.1. The van der Waals surface area contributed by atoms with Crippen LogP contribution in [0.4, 0.5) is 0 Å². The van der Waals surface area contributed by atoms with Gasteiger partial charge in [0, 0.05) is 11.1 Å². The molecule has 1 heterocycles. The third kappa shape index (κ3) is 4.73. The van der Waals surface area contributed by atoms with Crippen LogP contribution in [0.5, 0.6) is 11.5 Å². The van der Waals surface area contributed by atoms with E-state index in [0.717, 1.165) is 25.1 Å². The van der Waals surface area contributed by atoms with Gasteiger partial charge in [-0.2, -0.15) is 0 Å². The van der Waals surface area contributed by atoms with E-state index in [1.54, 1.807) is 12.3 Å². The highest BCUT2D eigenvalue weighted by molar-refractivity contribution is 6.30. The van der Waals surface area contributed by atoms with E-state index in [1.807, 2.05) is 30.3 Å². The quantitative estimate of drug-likeness (QED) is 0.783. The van der Waals surface area contributed by atoms with Crippen molar-refractivity contribution in [2.45, 2.75) is 32.7 Å². The van der Waals surface area contributed by atoms with Gasteiger partial charge < -0.3 is 10.1 Å². The summed E-state index contributed by atoms with van der Waals surface area (Å²) in [5.41, 5.74) is 1.05. The summed E-state index contributed by atoms with van der Waals surface area (Å²) in [5.74, 6) is 1.43. The molecule has 0 bridgehead atoms. The largest absolute Gasteiger partial charge is 0.456 e. The van der Waals surface area contributed by atoms with Gasteiger partial charge in [-0.25, -0.2) is 0 Å². The Bertz CT molecular complexity index is 557. The predicted molar refractivity (Wildman–Crippen MR) is 87.1 cm³/mol. The van der Waals surface area contributed by atoms with Gasteiger partial charge >= 0.3 is 0 Å². The highest BCUT2D eigenvalue weighted by Gasteiger charge is 2.09. The van der Waals surface area contributed by atoms with Crippen molar-refractivity contribution < 1.29 is 4.74 Å². The molecule has 1 N–H and O–H groups in total. The van der Waals surface area contributed by atoms with Crippen molar-refractivity contribution in [3.05, 3.63) is 53.3 Å². The number of benzene rings is 1. The molecule has 0 saturated carbocycles. The van der Waals surface area contributed by atoms with Gasteiger partial charge in [0.25, 0.3) is 0 Å². The van der Waals surface area contributed by atoms with Crippen LogP contribution in [0.2, 0.25) is 5.02 Å². The SMILES string of the molecule is CCCNC(CC)c1ccc(Oc2cccc(Cl)c2)cn1. The van der Waals surface area contributed by atoms with Crippen molar-refractivity contribution in [1.82, 2.24) is 10.3 Å². The standard InChI is InChI=1S/C17H21ClN2O/c1-3-10-19-16(4-2)17-9-8-15(12-20-17)21-14-7-5-6-13(18)11-14/h5-9,11-12,16,19H,3-4,10H2,1-2H3. The minimum Gasteiger partial charge on any atom is -0.456 e. The highest BCUT2D eigenvalue weighted by Crippen LogP contribution is 2.24. The Morgan fingerprint density at radius 3 is 2.67 bits per heavy atom. The Kier molecular flexibility index (Phi) is 6.03. The van der Waals surface area contributed by atoms with Crippen LogP contribution in [0, 0.1) is 0 Å². The number of hydrogen-bond donors (Lipinski definition) is 1. The lowest BCUT2D eigenvalue weighted by Crippen LogP contribution is -2.22. The summed E-state index contributed by atoms with van der Waals surface area (Å²) in [6.45, 7) is 5.32. The van der Waals surface area contributed by atoms with Gasteiger partial charge in [-0.1, -0.05) is 31.5 Å². The van der Waals surface area contributed by atoms with Crippen molar-refractivity contribution in [3.8, 4) is 11.5 Å². The number of pyridine rings is 1. The van der Waals surface area contributed by atoms with Crippen molar-refractivity contribution in [2.75, 3.05) is 6.54 Å². The van der Waals surface area contributed by atoms with Gasteiger partial charge in [0.1, 0.15) is 11.5 Å². The molecule has 112 valence electrons. The average Bonchev–Trinajstić information content (AvgIpc) is 2.49. The lowest BCUT2D eigenvalue weighted by Gasteiger charge is -2.16. The molecule has 3 nitrogen and oxygen atoms in total. The van der Waals surface area contributed by atoms with Gasteiger partial charge in [0.05, 0.1) is 11.9 Å². The van der Waals surface area contributed by atoms with Gasteiger partial charge in [-0.05, 0) is 49.7 Å². The number of nitrogens with zero attached hydrogens (tertiary/aromatic N) is 1. The summed E-state index contributed by atoms with van der Waals surface area (Å²) >= 11 is 5.94. The van der Waals surface area contributed by atoms with Crippen LogP contribution >= 0.6 is 11.6 Å².